The summed E-state index contributed by atoms with van der Waals surface area (Å²) in [4.78, 5) is 16.1. The van der Waals surface area contributed by atoms with E-state index in [1.807, 2.05) is 6.92 Å². The topological polar surface area (TPSA) is 55.8 Å². The first-order chi connectivity index (χ1) is 8.63. The van der Waals surface area contributed by atoms with Gasteiger partial charge in [-0.3, -0.25) is 14.6 Å². The molecule has 2 N–H and O–H groups in total. The quantitative estimate of drug-likeness (QED) is 0.672. The highest BCUT2D eigenvalue weighted by atomic mass is 16.3. The molecule has 1 atom stereocenters. The third-order valence-corrected chi connectivity index (χ3v) is 3.64. The first kappa shape index (κ1) is 13.8. The summed E-state index contributed by atoms with van der Waals surface area (Å²) in [5.74, 6) is 0.905. The molecule has 2 aliphatic rings. The number of β-amino-alcohol motifs (C(OH)–C–C–N with tert-alkyl or cyclic N) is 1. The SMILES string of the molecule is C[C@H](O)CN1CCN(CC(=O)NCC2CC2)CC1. The van der Waals surface area contributed by atoms with Gasteiger partial charge in [0.25, 0.3) is 0 Å². The number of hydrogen-bond acceptors (Lipinski definition) is 4. The predicted octanol–water partition coefficient (Wildman–Crippen LogP) is -0.489. The van der Waals surface area contributed by atoms with Gasteiger partial charge in [-0.2, -0.15) is 0 Å². The lowest BCUT2D eigenvalue weighted by Gasteiger charge is -2.34. The number of amides is 1. The van der Waals surface area contributed by atoms with Crippen molar-refractivity contribution in [3.05, 3.63) is 0 Å². The van der Waals surface area contributed by atoms with Crippen molar-refractivity contribution in [3.8, 4) is 0 Å². The molecule has 1 saturated carbocycles. The van der Waals surface area contributed by atoms with Gasteiger partial charge in [-0.1, -0.05) is 0 Å². The fourth-order valence-corrected chi connectivity index (χ4v) is 2.34. The number of piperazine rings is 1. The number of carbonyl (C=O) groups excluding carboxylic acids is 1. The maximum Gasteiger partial charge on any atom is 0.234 e. The van der Waals surface area contributed by atoms with Crippen LogP contribution in [0.2, 0.25) is 0 Å². The van der Waals surface area contributed by atoms with Crippen LogP contribution in [0.1, 0.15) is 19.8 Å². The van der Waals surface area contributed by atoms with Crippen molar-refractivity contribution in [3.63, 3.8) is 0 Å². The Balaban J connectivity index is 1.58. The van der Waals surface area contributed by atoms with Gasteiger partial charge in [-0.15, -0.1) is 0 Å². The lowest BCUT2D eigenvalue weighted by molar-refractivity contribution is -0.122. The van der Waals surface area contributed by atoms with Crippen molar-refractivity contribution in [2.75, 3.05) is 45.8 Å². The molecule has 0 aromatic carbocycles. The molecule has 1 aliphatic carbocycles. The minimum absolute atomic E-state index is 0.158. The molecule has 18 heavy (non-hydrogen) atoms. The van der Waals surface area contributed by atoms with Crippen LogP contribution in [0.5, 0.6) is 0 Å². The van der Waals surface area contributed by atoms with Gasteiger partial charge in [0.05, 0.1) is 12.6 Å². The number of hydrogen-bond donors (Lipinski definition) is 2. The van der Waals surface area contributed by atoms with Gasteiger partial charge in [0, 0.05) is 39.3 Å². The van der Waals surface area contributed by atoms with Gasteiger partial charge >= 0.3 is 0 Å². The van der Waals surface area contributed by atoms with Crippen LogP contribution < -0.4 is 5.32 Å². The fraction of sp³-hybridized carbons (Fsp3) is 0.923. The summed E-state index contributed by atoms with van der Waals surface area (Å²) in [5.41, 5.74) is 0. The summed E-state index contributed by atoms with van der Waals surface area (Å²) in [6, 6.07) is 0. The molecule has 0 aromatic heterocycles. The third kappa shape index (κ3) is 4.92. The van der Waals surface area contributed by atoms with Gasteiger partial charge in [0.15, 0.2) is 0 Å². The number of carbonyl (C=O) groups is 1. The zero-order valence-electron chi connectivity index (χ0n) is 11.3. The normalized spacial score (nSPS) is 23.9. The van der Waals surface area contributed by atoms with Gasteiger partial charge in [0.2, 0.25) is 5.91 Å². The van der Waals surface area contributed by atoms with Gasteiger partial charge < -0.3 is 10.4 Å². The third-order valence-electron chi connectivity index (χ3n) is 3.64. The van der Waals surface area contributed by atoms with Crippen molar-refractivity contribution < 1.29 is 9.90 Å². The molecule has 104 valence electrons. The smallest absolute Gasteiger partial charge is 0.234 e. The number of aliphatic hydroxyl groups excluding tert-OH is 1. The molecule has 5 heteroatoms. The van der Waals surface area contributed by atoms with Crippen LogP contribution in [0.3, 0.4) is 0 Å². The van der Waals surface area contributed by atoms with E-state index in [-0.39, 0.29) is 12.0 Å². The summed E-state index contributed by atoms with van der Waals surface area (Å²) in [6.07, 6.45) is 2.29. The molecular weight excluding hydrogens is 230 g/mol. The number of nitrogens with one attached hydrogen (secondary N) is 1. The molecule has 1 saturated heterocycles. The molecule has 2 rings (SSSR count). The number of rotatable bonds is 6. The van der Waals surface area contributed by atoms with Crippen LogP contribution in [0.4, 0.5) is 0 Å². The number of aliphatic hydroxyl groups is 1. The standard InChI is InChI=1S/C13H25N3O2/c1-11(17)9-15-4-6-16(7-5-15)10-13(18)14-8-12-2-3-12/h11-12,17H,2-10H2,1H3,(H,14,18)/t11-/m0/s1. The van der Waals surface area contributed by atoms with Crippen LogP contribution in [-0.2, 0) is 4.79 Å². The highest BCUT2D eigenvalue weighted by molar-refractivity contribution is 5.78. The Kier molecular flexibility index (Phi) is 4.97. The molecule has 1 heterocycles. The van der Waals surface area contributed by atoms with Crippen molar-refractivity contribution in [1.82, 2.24) is 15.1 Å². The summed E-state index contributed by atoms with van der Waals surface area (Å²) >= 11 is 0. The van der Waals surface area contributed by atoms with E-state index < -0.39 is 0 Å². The largest absolute Gasteiger partial charge is 0.392 e. The Morgan fingerprint density at radius 2 is 1.89 bits per heavy atom. The monoisotopic (exact) mass is 255 g/mol. The van der Waals surface area contributed by atoms with E-state index in [1.165, 1.54) is 12.8 Å². The van der Waals surface area contributed by atoms with E-state index in [2.05, 4.69) is 15.1 Å². The van der Waals surface area contributed by atoms with Gasteiger partial charge in [0.1, 0.15) is 0 Å². The van der Waals surface area contributed by atoms with E-state index in [1.54, 1.807) is 0 Å². The molecule has 1 aliphatic heterocycles. The van der Waals surface area contributed by atoms with Crippen LogP contribution in [0.25, 0.3) is 0 Å². The Bertz CT molecular complexity index is 271. The van der Waals surface area contributed by atoms with Crippen LogP contribution in [-0.4, -0.2) is 72.7 Å². The van der Waals surface area contributed by atoms with Crippen molar-refractivity contribution in [1.29, 1.82) is 0 Å². The van der Waals surface area contributed by atoms with Gasteiger partial charge in [-0.25, -0.2) is 0 Å². The zero-order valence-corrected chi connectivity index (χ0v) is 11.3. The first-order valence-corrected chi connectivity index (χ1v) is 7.03. The highest BCUT2D eigenvalue weighted by Gasteiger charge is 2.23. The Hall–Kier alpha value is -0.650. The van der Waals surface area contributed by atoms with Crippen molar-refractivity contribution in [2.24, 2.45) is 5.92 Å². The molecule has 2 fully saturated rings. The summed E-state index contributed by atoms with van der Waals surface area (Å²) in [7, 11) is 0. The minimum Gasteiger partial charge on any atom is -0.392 e. The molecule has 5 nitrogen and oxygen atoms in total. The lowest BCUT2D eigenvalue weighted by atomic mass is 10.2. The molecular formula is C13H25N3O2. The van der Waals surface area contributed by atoms with E-state index in [0.29, 0.717) is 6.54 Å². The Morgan fingerprint density at radius 1 is 1.28 bits per heavy atom. The van der Waals surface area contributed by atoms with E-state index in [4.69, 9.17) is 0 Å². The average molecular weight is 255 g/mol. The van der Waals surface area contributed by atoms with E-state index in [9.17, 15) is 9.90 Å². The molecule has 0 spiro atoms. The number of nitrogens with zero attached hydrogens (tertiary/aromatic N) is 2. The van der Waals surface area contributed by atoms with Crippen molar-refractivity contribution in [2.45, 2.75) is 25.9 Å². The van der Waals surface area contributed by atoms with Crippen molar-refractivity contribution >= 4 is 5.91 Å². The average Bonchev–Trinajstić information content (AvgIpc) is 3.12. The highest BCUT2D eigenvalue weighted by Crippen LogP contribution is 2.27. The molecule has 0 bridgehead atoms. The van der Waals surface area contributed by atoms with Crippen LogP contribution in [0, 0.1) is 5.92 Å². The zero-order chi connectivity index (χ0) is 13.0. The second-order valence-corrected chi connectivity index (χ2v) is 5.67. The second kappa shape index (κ2) is 6.50. The van der Waals surface area contributed by atoms with Gasteiger partial charge in [-0.05, 0) is 25.7 Å². The Morgan fingerprint density at radius 3 is 2.44 bits per heavy atom. The summed E-state index contributed by atoms with van der Waals surface area (Å²) in [5, 5.41) is 12.3. The van der Waals surface area contributed by atoms with E-state index in [0.717, 1.165) is 45.2 Å². The van der Waals surface area contributed by atoms with E-state index >= 15 is 0 Å². The molecule has 1 amide bonds. The lowest BCUT2D eigenvalue weighted by Crippen LogP contribution is -2.50. The van der Waals surface area contributed by atoms with Crippen LogP contribution >= 0.6 is 0 Å². The first-order valence-electron chi connectivity index (χ1n) is 7.03. The maximum absolute atomic E-state index is 11.7. The minimum atomic E-state index is -0.265. The summed E-state index contributed by atoms with van der Waals surface area (Å²) in [6.45, 7) is 7.67. The molecule has 0 unspecified atom stereocenters. The molecule has 0 aromatic rings. The second-order valence-electron chi connectivity index (χ2n) is 5.67. The summed E-state index contributed by atoms with van der Waals surface area (Å²) < 4.78 is 0. The predicted molar refractivity (Wildman–Crippen MR) is 70.3 cm³/mol. The molecule has 0 radical (unpaired) electrons. The Labute approximate surface area is 109 Å². The maximum atomic E-state index is 11.7. The fourth-order valence-electron chi connectivity index (χ4n) is 2.34. The van der Waals surface area contributed by atoms with Crippen LogP contribution in [0.15, 0.2) is 0 Å².